The van der Waals surface area contributed by atoms with Gasteiger partial charge in [-0.1, -0.05) is 30.3 Å². The first kappa shape index (κ1) is 25.3. The first-order valence-electron chi connectivity index (χ1n) is 10.2. The van der Waals surface area contributed by atoms with Gasteiger partial charge in [0, 0.05) is 6.42 Å². The topological polar surface area (TPSA) is 177 Å². The molecule has 13 nitrogen and oxygen atoms in total. The van der Waals surface area contributed by atoms with E-state index >= 15 is 0 Å². The van der Waals surface area contributed by atoms with Gasteiger partial charge in [0.2, 0.25) is 17.8 Å². The Morgan fingerprint density at radius 1 is 0.909 bits per heavy atom. The van der Waals surface area contributed by atoms with Crippen LogP contribution in [0, 0.1) is 0 Å². The molecular weight excluding hydrogens is 434 g/mol. The Morgan fingerprint density at radius 2 is 1.52 bits per heavy atom. The fraction of sp³-hybridized carbons (Fsp3) is 0.400. The van der Waals surface area contributed by atoms with Gasteiger partial charge in [0.05, 0.1) is 19.8 Å². The van der Waals surface area contributed by atoms with E-state index in [4.69, 9.17) is 14.7 Å². The third-order valence-corrected chi connectivity index (χ3v) is 4.02. The number of nitrogens with zero attached hydrogens (tertiary/aromatic N) is 3. The van der Waals surface area contributed by atoms with Gasteiger partial charge in [0.25, 0.3) is 5.91 Å². The van der Waals surface area contributed by atoms with Crippen molar-refractivity contribution in [3.8, 4) is 0 Å². The van der Waals surface area contributed by atoms with Gasteiger partial charge in [0.15, 0.2) is 0 Å². The van der Waals surface area contributed by atoms with Crippen LogP contribution in [0.2, 0.25) is 0 Å². The van der Waals surface area contributed by atoms with Crippen LogP contribution >= 0.6 is 0 Å². The Morgan fingerprint density at radius 3 is 2.12 bits per heavy atom. The molecule has 0 aliphatic heterocycles. The minimum absolute atomic E-state index is 0.00255. The van der Waals surface area contributed by atoms with E-state index in [0.29, 0.717) is 6.42 Å². The highest BCUT2D eigenvalue weighted by Gasteiger charge is 2.22. The van der Waals surface area contributed by atoms with E-state index in [1.807, 2.05) is 30.3 Å². The Labute approximate surface area is 190 Å². The van der Waals surface area contributed by atoms with Gasteiger partial charge >= 0.3 is 11.9 Å². The third kappa shape index (κ3) is 8.95. The fourth-order valence-electron chi connectivity index (χ4n) is 2.60. The minimum Gasteiger partial charge on any atom is -0.465 e. The van der Waals surface area contributed by atoms with Crippen molar-refractivity contribution in [2.75, 3.05) is 42.3 Å². The fourth-order valence-corrected chi connectivity index (χ4v) is 2.60. The van der Waals surface area contributed by atoms with Crippen molar-refractivity contribution in [3.05, 3.63) is 35.9 Å². The van der Waals surface area contributed by atoms with Crippen LogP contribution in [0.1, 0.15) is 19.4 Å². The van der Waals surface area contributed by atoms with Crippen LogP contribution in [0.15, 0.2) is 30.3 Å². The van der Waals surface area contributed by atoms with Gasteiger partial charge in [-0.2, -0.15) is 15.0 Å². The number of aromatic nitrogens is 3. The zero-order chi connectivity index (χ0) is 24.1. The summed E-state index contributed by atoms with van der Waals surface area (Å²) < 4.78 is 10.0. The Balaban J connectivity index is 2.26. The molecule has 33 heavy (non-hydrogen) atoms. The maximum absolute atomic E-state index is 12.5. The summed E-state index contributed by atoms with van der Waals surface area (Å²) in [5.74, 6) is -1.79. The van der Waals surface area contributed by atoms with Gasteiger partial charge < -0.3 is 25.4 Å². The molecule has 0 bridgehead atoms. The average molecular weight is 461 g/mol. The smallest absolute Gasteiger partial charge is 0.328 e. The van der Waals surface area contributed by atoms with E-state index < -0.39 is 23.9 Å². The molecule has 0 aliphatic rings. The van der Waals surface area contributed by atoms with Crippen molar-refractivity contribution in [3.63, 3.8) is 0 Å². The van der Waals surface area contributed by atoms with Crippen LogP contribution in [0.5, 0.6) is 0 Å². The largest absolute Gasteiger partial charge is 0.465 e. The summed E-state index contributed by atoms with van der Waals surface area (Å²) in [6.45, 7) is 3.25. The van der Waals surface area contributed by atoms with Gasteiger partial charge in [-0.25, -0.2) is 10.3 Å². The number of ether oxygens (including phenoxy) is 2. The van der Waals surface area contributed by atoms with Gasteiger partial charge in [-0.15, -0.1) is 0 Å². The molecule has 2 aromatic rings. The number of hydroxylamine groups is 1. The quantitative estimate of drug-likeness (QED) is 0.157. The zero-order valence-corrected chi connectivity index (χ0v) is 18.3. The Bertz CT molecular complexity index is 928. The molecule has 2 rings (SSSR count). The highest BCUT2D eigenvalue weighted by molar-refractivity contribution is 5.80. The zero-order valence-electron chi connectivity index (χ0n) is 18.3. The molecule has 0 spiro atoms. The summed E-state index contributed by atoms with van der Waals surface area (Å²) >= 11 is 0. The lowest BCUT2D eigenvalue weighted by atomic mass is 10.1. The average Bonchev–Trinajstić information content (AvgIpc) is 2.81. The number of benzene rings is 1. The first-order valence-corrected chi connectivity index (χ1v) is 10.2. The first-order chi connectivity index (χ1) is 15.9. The van der Waals surface area contributed by atoms with Crippen molar-refractivity contribution in [1.29, 1.82) is 0 Å². The lowest BCUT2D eigenvalue weighted by Crippen LogP contribution is -2.34. The molecule has 1 amide bonds. The second kappa shape index (κ2) is 13.4. The Hall–Kier alpha value is -4.00. The molecule has 1 heterocycles. The van der Waals surface area contributed by atoms with Crippen molar-refractivity contribution in [1.82, 2.24) is 20.4 Å². The second-order valence-corrected chi connectivity index (χ2v) is 6.49. The molecule has 0 saturated carbocycles. The second-order valence-electron chi connectivity index (χ2n) is 6.49. The number of carbonyl (C=O) groups excluding carboxylic acids is 3. The molecule has 178 valence electrons. The number of hydrogen-bond acceptors (Lipinski definition) is 12. The third-order valence-electron chi connectivity index (χ3n) is 4.02. The molecule has 0 fully saturated rings. The lowest BCUT2D eigenvalue weighted by Gasteiger charge is -2.18. The van der Waals surface area contributed by atoms with E-state index in [2.05, 4.69) is 30.9 Å². The maximum atomic E-state index is 12.5. The molecule has 0 unspecified atom stereocenters. The number of carbonyl (C=O) groups is 3. The summed E-state index contributed by atoms with van der Waals surface area (Å²) in [6.07, 6.45) is 0.298. The van der Waals surface area contributed by atoms with Crippen molar-refractivity contribution in [2.24, 2.45) is 0 Å². The van der Waals surface area contributed by atoms with Crippen molar-refractivity contribution in [2.45, 2.75) is 26.3 Å². The molecule has 5 N–H and O–H groups in total. The van der Waals surface area contributed by atoms with Gasteiger partial charge in [0.1, 0.15) is 12.6 Å². The number of hydrogen-bond donors (Lipinski definition) is 5. The number of anilines is 3. The van der Waals surface area contributed by atoms with Crippen LogP contribution in [-0.2, 0) is 30.3 Å². The molecule has 1 atom stereocenters. The SMILES string of the molecule is CCOC(=O)CNc1nc(NCC(=O)NO)nc(N[C@@H](Cc2ccccc2)C(=O)OCC)n1. The van der Waals surface area contributed by atoms with Crippen LogP contribution in [0.25, 0.3) is 0 Å². The number of nitrogens with one attached hydrogen (secondary N) is 4. The lowest BCUT2D eigenvalue weighted by molar-refractivity contribution is -0.144. The standard InChI is InChI=1S/C20H27N7O6/c1-3-32-16(29)12-22-19-24-18(21-11-15(28)27-31)25-20(26-19)23-14(17(30)33-4-2)10-13-8-6-5-7-9-13/h5-9,14,31H,3-4,10-12H2,1-2H3,(H,27,28)(H3,21,22,23,24,25,26)/t14-/m0/s1. The number of esters is 2. The normalized spacial score (nSPS) is 11.1. The highest BCUT2D eigenvalue weighted by atomic mass is 16.5. The molecule has 1 aromatic heterocycles. The van der Waals surface area contributed by atoms with Crippen molar-refractivity contribution < 1.29 is 29.1 Å². The predicted octanol–water partition coefficient (Wildman–Crippen LogP) is 0.350. The van der Waals surface area contributed by atoms with Crippen LogP contribution in [0.3, 0.4) is 0 Å². The molecule has 0 aliphatic carbocycles. The molecule has 1 aromatic carbocycles. The summed E-state index contributed by atoms with van der Waals surface area (Å²) in [5.41, 5.74) is 2.37. The van der Waals surface area contributed by atoms with E-state index in [1.54, 1.807) is 13.8 Å². The molecule has 0 radical (unpaired) electrons. The van der Waals surface area contributed by atoms with Crippen molar-refractivity contribution >= 4 is 35.7 Å². The molecule has 13 heteroatoms. The summed E-state index contributed by atoms with van der Waals surface area (Å²) in [5, 5.41) is 16.9. The monoisotopic (exact) mass is 461 g/mol. The van der Waals surface area contributed by atoms with E-state index in [-0.39, 0.29) is 44.1 Å². The van der Waals surface area contributed by atoms with E-state index in [9.17, 15) is 14.4 Å². The van der Waals surface area contributed by atoms with Crippen LogP contribution in [0.4, 0.5) is 17.8 Å². The molecule has 0 saturated heterocycles. The predicted molar refractivity (Wildman–Crippen MR) is 118 cm³/mol. The number of amides is 1. The maximum Gasteiger partial charge on any atom is 0.328 e. The highest BCUT2D eigenvalue weighted by Crippen LogP contribution is 2.13. The van der Waals surface area contributed by atoms with Gasteiger partial charge in [-0.3, -0.25) is 14.8 Å². The van der Waals surface area contributed by atoms with Gasteiger partial charge in [-0.05, 0) is 19.4 Å². The van der Waals surface area contributed by atoms with Crippen LogP contribution in [-0.4, -0.2) is 70.4 Å². The Kier molecular flexibility index (Phi) is 10.3. The summed E-state index contributed by atoms with van der Waals surface area (Å²) in [6, 6.07) is 8.49. The minimum atomic E-state index is -0.818. The van der Waals surface area contributed by atoms with E-state index in [0.717, 1.165) is 5.56 Å². The summed E-state index contributed by atoms with van der Waals surface area (Å²) in [4.78, 5) is 47.9. The van der Waals surface area contributed by atoms with Crippen LogP contribution < -0.4 is 21.4 Å². The molecular formula is C20H27N7O6. The number of rotatable bonds is 13. The van der Waals surface area contributed by atoms with E-state index in [1.165, 1.54) is 5.48 Å². The summed E-state index contributed by atoms with van der Waals surface area (Å²) in [7, 11) is 0.